The van der Waals surface area contributed by atoms with Crippen LogP contribution in [0.15, 0.2) is 60.9 Å². The molecule has 1 aliphatic heterocycles. The number of aryl methyl sites for hydroxylation is 2. The van der Waals surface area contributed by atoms with Crippen LogP contribution in [0.5, 0.6) is 0 Å². The van der Waals surface area contributed by atoms with E-state index in [0.717, 1.165) is 56.9 Å². The van der Waals surface area contributed by atoms with Gasteiger partial charge in [-0.3, -0.25) is 4.79 Å². The molecule has 1 aromatic heterocycles. The molecule has 0 atom stereocenters. The summed E-state index contributed by atoms with van der Waals surface area (Å²) in [6, 6.07) is 17.7. The molecule has 0 fully saturated rings. The fourth-order valence-corrected chi connectivity index (χ4v) is 4.89. The first-order chi connectivity index (χ1) is 17.4. The summed E-state index contributed by atoms with van der Waals surface area (Å²) in [6.07, 6.45) is 2.44. The summed E-state index contributed by atoms with van der Waals surface area (Å²) in [4.78, 5) is 23.1. The van der Waals surface area contributed by atoms with Crippen molar-refractivity contribution in [2.75, 3.05) is 11.9 Å². The number of anilines is 1. The molecule has 0 aliphatic carbocycles. The predicted octanol–water partition coefficient (Wildman–Crippen LogP) is 5.65. The normalized spacial score (nSPS) is 13.1. The highest BCUT2D eigenvalue weighted by Crippen LogP contribution is 2.36. The van der Waals surface area contributed by atoms with Crippen LogP contribution < -0.4 is 5.32 Å². The minimum Gasteiger partial charge on any atom is -0.392 e. The zero-order valence-corrected chi connectivity index (χ0v) is 21.2. The highest BCUT2D eigenvalue weighted by atomic mass is 35.5. The number of rotatable bonds is 7. The van der Waals surface area contributed by atoms with E-state index in [4.69, 9.17) is 11.6 Å². The van der Waals surface area contributed by atoms with E-state index in [1.165, 1.54) is 0 Å². The fourth-order valence-electron chi connectivity index (χ4n) is 4.76. The number of fused-ring (bicyclic) bond motifs is 1. The second kappa shape index (κ2) is 10.2. The van der Waals surface area contributed by atoms with Crippen molar-refractivity contribution in [2.45, 2.75) is 40.0 Å². The molecule has 7 heteroatoms. The van der Waals surface area contributed by atoms with E-state index in [1.54, 1.807) is 6.33 Å². The average Bonchev–Trinajstić information content (AvgIpc) is 3.30. The Hall–Kier alpha value is -3.61. The Labute approximate surface area is 216 Å². The van der Waals surface area contributed by atoms with Crippen LogP contribution in [0.1, 0.15) is 44.0 Å². The summed E-state index contributed by atoms with van der Waals surface area (Å²) < 4.78 is 0. The summed E-state index contributed by atoms with van der Waals surface area (Å²) in [5.41, 5.74) is 9.63. The van der Waals surface area contributed by atoms with Gasteiger partial charge in [0.15, 0.2) is 0 Å². The van der Waals surface area contributed by atoms with Gasteiger partial charge in [0, 0.05) is 35.1 Å². The second-order valence-corrected chi connectivity index (χ2v) is 9.72. The van der Waals surface area contributed by atoms with Crippen LogP contribution in [0.2, 0.25) is 5.02 Å². The van der Waals surface area contributed by atoms with Crippen molar-refractivity contribution in [1.82, 2.24) is 14.9 Å². The van der Waals surface area contributed by atoms with Crippen molar-refractivity contribution >= 4 is 23.2 Å². The molecule has 0 radical (unpaired) electrons. The Kier molecular flexibility index (Phi) is 6.81. The zero-order chi connectivity index (χ0) is 25.2. The molecule has 3 aromatic carbocycles. The van der Waals surface area contributed by atoms with Crippen LogP contribution >= 0.6 is 11.6 Å². The third-order valence-corrected chi connectivity index (χ3v) is 7.11. The van der Waals surface area contributed by atoms with Crippen molar-refractivity contribution in [2.24, 2.45) is 0 Å². The summed E-state index contributed by atoms with van der Waals surface area (Å²) in [5.74, 6) is 0.0167. The molecule has 6 nitrogen and oxygen atoms in total. The molecule has 0 spiro atoms. The summed E-state index contributed by atoms with van der Waals surface area (Å²) in [5, 5.41) is 13.9. The van der Waals surface area contributed by atoms with E-state index >= 15 is 0 Å². The van der Waals surface area contributed by atoms with Gasteiger partial charge in [-0.2, -0.15) is 0 Å². The molecule has 1 amide bonds. The van der Waals surface area contributed by atoms with Gasteiger partial charge in [-0.25, -0.2) is 4.98 Å². The monoisotopic (exact) mass is 500 g/mol. The maximum atomic E-state index is 13.7. The van der Waals surface area contributed by atoms with E-state index in [0.29, 0.717) is 30.2 Å². The molecule has 4 aromatic rings. The minimum absolute atomic E-state index is 0.0167. The number of aromatic nitrogens is 2. The predicted molar refractivity (Wildman–Crippen MR) is 143 cm³/mol. The molecule has 0 unspecified atom stereocenters. The highest BCUT2D eigenvalue weighted by Gasteiger charge is 2.28. The number of aromatic amines is 1. The van der Waals surface area contributed by atoms with Crippen molar-refractivity contribution in [3.8, 4) is 11.1 Å². The second-order valence-electron chi connectivity index (χ2n) is 9.29. The first-order valence-electron chi connectivity index (χ1n) is 12.1. The lowest BCUT2D eigenvalue weighted by Gasteiger charge is -2.31. The fraction of sp³-hybridized carbons (Fsp3) is 0.241. The number of carbonyl (C=O) groups is 1. The van der Waals surface area contributed by atoms with Crippen LogP contribution in [-0.4, -0.2) is 32.4 Å². The lowest BCUT2D eigenvalue weighted by molar-refractivity contribution is 0.0727. The maximum absolute atomic E-state index is 13.7. The van der Waals surface area contributed by atoms with Gasteiger partial charge in [0.05, 0.1) is 25.2 Å². The van der Waals surface area contributed by atoms with Crippen LogP contribution in [0.4, 0.5) is 5.69 Å². The molecule has 5 rings (SSSR count). The van der Waals surface area contributed by atoms with Crippen LogP contribution in [0, 0.1) is 13.8 Å². The van der Waals surface area contributed by atoms with Gasteiger partial charge in [-0.15, -0.1) is 0 Å². The number of H-pyrrole nitrogens is 1. The highest BCUT2D eigenvalue weighted by molar-refractivity contribution is 6.30. The Morgan fingerprint density at radius 3 is 2.50 bits per heavy atom. The Bertz CT molecular complexity index is 1410. The minimum atomic E-state index is -0.0281. The third kappa shape index (κ3) is 4.87. The van der Waals surface area contributed by atoms with Gasteiger partial charge < -0.3 is 20.3 Å². The number of nitrogens with one attached hydrogen (secondary N) is 2. The lowest BCUT2D eigenvalue weighted by atomic mass is 9.87. The van der Waals surface area contributed by atoms with E-state index in [9.17, 15) is 9.90 Å². The van der Waals surface area contributed by atoms with Gasteiger partial charge in [0.1, 0.15) is 0 Å². The molecule has 2 heterocycles. The molecule has 0 saturated heterocycles. The Morgan fingerprint density at radius 2 is 1.78 bits per heavy atom. The smallest absolute Gasteiger partial charge is 0.254 e. The molecular weight excluding hydrogens is 472 g/mol. The number of hydrogen-bond donors (Lipinski definition) is 3. The first kappa shape index (κ1) is 24.1. The van der Waals surface area contributed by atoms with Gasteiger partial charge >= 0.3 is 0 Å². The largest absolute Gasteiger partial charge is 0.392 e. The standard InChI is InChI=1S/C29H29ClN4O2/c1-18-3-4-21(16-35)11-25(18)26-12-23(31-14-28-19(2)32-17-33-28)13-27-24(26)9-10-34(29(27)36)15-20-5-7-22(30)8-6-20/h3-8,11-13,17,31,35H,9-10,14-16H2,1-2H3,(H,32,33). The summed E-state index contributed by atoms with van der Waals surface area (Å²) >= 11 is 6.04. The van der Waals surface area contributed by atoms with Crippen molar-refractivity contribution in [1.29, 1.82) is 0 Å². The van der Waals surface area contributed by atoms with Crippen LogP contribution in [-0.2, 0) is 26.1 Å². The number of amides is 1. The number of imidazole rings is 1. The molecule has 3 N–H and O–H groups in total. The Morgan fingerprint density at radius 1 is 1.03 bits per heavy atom. The van der Waals surface area contributed by atoms with Crippen LogP contribution in [0.25, 0.3) is 11.1 Å². The zero-order valence-electron chi connectivity index (χ0n) is 20.4. The van der Waals surface area contributed by atoms with Gasteiger partial charge in [0.2, 0.25) is 0 Å². The van der Waals surface area contributed by atoms with E-state index in [1.807, 2.05) is 60.4 Å². The number of carbonyl (C=O) groups excluding carboxylic acids is 1. The molecule has 36 heavy (non-hydrogen) atoms. The van der Waals surface area contributed by atoms with Crippen LogP contribution in [0.3, 0.4) is 0 Å². The number of halogens is 1. The van der Waals surface area contributed by atoms with Crippen molar-refractivity contribution < 1.29 is 9.90 Å². The van der Waals surface area contributed by atoms with E-state index in [-0.39, 0.29) is 12.5 Å². The first-order valence-corrected chi connectivity index (χ1v) is 12.4. The number of benzene rings is 3. The Balaban J connectivity index is 1.54. The maximum Gasteiger partial charge on any atom is 0.254 e. The SMILES string of the molecule is Cc1ccc(CO)cc1-c1cc(NCc2nc[nH]c2C)cc2c1CCN(Cc1ccc(Cl)cc1)C2=O. The molecule has 184 valence electrons. The van der Waals surface area contributed by atoms with Gasteiger partial charge in [0.25, 0.3) is 5.91 Å². The quantitative estimate of drug-likeness (QED) is 0.306. The van der Waals surface area contributed by atoms with Crippen molar-refractivity contribution in [3.63, 3.8) is 0 Å². The van der Waals surface area contributed by atoms with Crippen molar-refractivity contribution in [3.05, 3.63) is 105 Å². The molecule has 1 aliphatic rings. The average molecular weight is 501 g/mol. The number of hydrogen-bond acceptors (Lipinski definition) is 4. The lowest BCUT2D eigenvalue weighted by Crippen LogP contribution is -2.37. The summed E-state index contributed by atoms with van der Waals surface area (Å²) in [6.45, 7) is 5.75. The number of aliphatic hydroxyl groups is 1. The number of aliphatic hydroxyl groups excluding tert-OH is 1. The number of nitrogens with zero attached hydrogens (tertiary/aromatic N) is 2. The summed E-state index contributed by atoms with van der Waals surface area (Å²) in [7, 11) is 0. The molecule has 0 saturated carbocycles. The van der Waals surface area contributed by atoms with E-state index < -0.39 is 0 Å². The van der Waals surface area contributed by atoms with Gasteiger partial charge in [-0.1, -0.05) is 35.9 Å². The van der Waals surface area contributed by atoms with E-state index in [2.05, 4.69) is 28.3 Å². The molecular formula is C29H29ClN4O2. The van der Waals surface area contributed by atoms with Gasteiger partial charge in [-0.05, 0) is 84.0 Å². The third-order valence-electron chi connectivity index (χ3n) is 6.85. The topological polar surface area (TPSA) is 81.2 Å². The molecule has 0 bridgehead atoms.